The number of carbonyl (C=O) groups excluding carboxylic acids is 1. The summed E-state index contributed by atoms with van der Waals surface area (Å²) in [7, 11) is 1.63. The minimum atomic E-state index is -0.243. The molecule has 0 aliphatic heterocycles. The van der Waals surface area contributed by atoms with E-state index in [1.54, 1.807) is 13.3 Å². The molecule has 1 N–H and O–H groups in total. The summed E-state index contributed by atoms with van der Waals surface area (Å²) in [6.45, 7) is 2.88. The normalized spacial score (nSPS) is 11.0. The molecule has 1 amide bonds. The van der Waals surface area contributed by atoms with E-state index in [-0.39, 0.29) is 11.7 Å². The molecule has 4 aromatic rings. The van der Waals surface area contributed by atoms with Crippen LogP contribution in [-0.2, 0) is 4.79 Å². The average molecular weight is 530 g/mol. The van der Waals surface area contributed by atoms with Crippen LogP contribution >= 0.6 is 11.8 Å². The van der Waals surface area contributed by atoms with E-state index in [1.807, 2.05) is 83.4 Å². The quantitative estimate of drug-likeness (QED) is 0.103. The number of nitrogens with zero attached hydrogens (tertiary/aromatic N) is 4. The summed E-state index contributed by atoms with van der Waals surface area (Å²) in [6.07, 6.45) is 4.99. The molecule has 196 valence electrons. The number of hydrazone groups is 1. The van der Waals surface area contributed by atoms with Crippen LogP contribution in [-0.4, -0.2) is 46.4 Å². The summed E-state index contributed by atoms with van der Waals surface area (Å²) in [6, 6.07) is 25.1. The third kappa shape index (κ3) is 7.45. The molecule has 0 unspecified atom stereocenters. The van der Waals surface area contributed by atoms with Gasteiger partial charge in [-0.3, -0.25) is 9.36 Å². The Kier molecular flexibility index (Phi) is 9.92. The van der Waals surface area contributed by atoms with Gasteiger partial charge in [0, 0.05) is 11.3 Å². The zero-order chi connectivity index (χ0) is 26.6. The van der Waals surface area contributed by atoms with Crippen molar-refractivity contribution < 1.29 is 14.3 Å². The van der Waals surface area contributed by atoms with Gasteiger partial charge >= 0.3 is 0 Å². The summed E-state index contributed by atoms with van der Waals surface area (Å²) in [5, 5.41) is 13.5. The highest BCUT2D eigenvalue weighted by atomic mass is 32.2. The Morgan fingerprint density at radius 1 is 0.974 bits per heavy atom. The first-order valence-corrected chi connectivity index (χ1v) is 13.5. The summed E-state index contributed by atoms with van der Waals surface area (Å²) in [5.41, 5.74) is 5.24. The number of ether oxygens (including phenoxy) is 2. The Hall–Kier alpha value is -4.11. The largest absolute Gasteiger partial charge is 0.497 e. The standard InChI is InChI=1S/C29H31N5O3S/c1-3-4-8-19-37-26-15-11-22(12-16-26)20-30-31-27(35)21-38-29-33-32-28(23-9-6-5-7-10-23)34(29)24-13-17-25(36-2)18-14-24/h5-7,9-18,20H,3-4,8,19,21H2,1-2H3,(H,31,35). The number of methoxy groups -OCH3 is 1. The van der Waals surface area contributed by atoms with Gasteiger partial charge in [0.2, 0.25) is 0 Å². The van der Waals surface area contributed by atoms with Crippen LogP contribution in [0.3, 0.4) is 0 Å². The van der Waals surface area contributed by atoms with Crippen LogP contribution in [0.25, 0.3) is 17.1 Å². The highest BCUT2D eigenvalue weighted by Crippen LogP contribution is 2.28. The first-order valence-electron chi connectivity index (χ1n) is 12.5. The van der Waals surface area contributed by atoms with Gasteiger partial charge in [0.25, 0.3) is 5.91 Å². The van der Waals surface area contributed by atoms with E-state index >= 15 is 0 Å². The fourth-order valence-corrected chi connectivity index (χ4v) is 4.38. The van der Waals surface area contributed by atoms with Crippen LogP contribution in [0.1, 0.15) is 31.7 Å². The smallest absolute Gasteiger partial charge is 0.250 e. The second-order valence-corrected chi connectivity index (χ2v) is 9.35. The lowest BCUT2D eigenvalue weighted by molar-refractivity contribution is -0.118. The van der Waals surface area contributed by atoms with Gasteiger partial charge in [-0.15, -0.1) is 10.2 Å². The average Bonchev–Trinajstić information content (AvgIpc) is 3.39. The van der Waals surface area contributed by atoms with Crippen molar-refractivity contribution in [2.75, 3.05) is 19.5 Å². The number of benzene rings is 3. The second kappa shape index (κ2) is 14.0. The minimum absolute atomic E-state index is 0.130. The number of hydrogen-bond acceptors (Lipinski definition) is 7. The number of nitrogens with one attached hydrogen (secondary N) is 1. The molecular weight excluding hydrogens is 498 g/mol. The number of thioether (sulfide) groups is 1. The Labute approximate surface area is 227 Å². The van der Waals surface area contributed by atoms with Crippen molar-refractivity contribution in [3.8, 4) is 28.6 Å². The molecule has 0 bridgehead atoms. The SMILES string of the molecule is CCCCCOc1ccc(C=NNC(=O)CSc2nnc(-c3ccccc3)n2-c2ccc(OC)cc2)cc1. The first kappa shape index (κ1) is 26.9. The molecule has 3 aromatic carbocycles. The van der Waals surface area contributed by atoms with Crippen LogP contribution in [0, 0.1) is 0 Å². The fraction of sp³-hybridized carbons (Fsp3) is 0.241. The zero-order valence-electron chi connectivity index (χ0n) is 21.5. The Morgan fingerprint density at radius 3 is 2.42 bits per heavy atom. The van der Waals surface area contributed by atoms with Crippen molar-refractivity contribution in [2.24, 2.45) is 5.10 Å². The fourth-order valence-electron chi connectivity index (χ4n) is 3.64. The minimum Gasteiger partial charge on any atom is -0.497 e. The van der Waals surface area contributed by atoms with E-state index in [0.29, 0.717) is 17.6 Å². The maximum atomic E-state index is 12.5. The van der Waals surface area contributed by atoms with E-state index < -0.39 is 0 Å². The second-order valence-electron chi connectivity index (χ2n) is 8.41. The predicted octanol–water partition coefficient (Wildman–Crippen LogP) is 5.75. The first-order chi connectivity index (χ1) is 18.7. The molecule has 0 aliphatic carbocycles. The van der Waals surface area contributed by atoms with Crippen LogP contribution in [0.15, 0.2) is 89.1 Å². The van der Waals surface area contributed by atoms with E-state index in [9.17, 15) is 4.79 Å². The molecule has 8 nitrogen and oxygen atoms in total. The molecule has 0 atom stereocenters. The van der Waals surface area contributed by atoms with Crippen molar-refractivity contribution in [3.05, 3.63) is 84.4 Å². The number of amides is 1. The molecule has 0 saturated heterocycles. The van der Waals surface area contributed by atoms with Gasteiger partial charge in [0.1, 0.15) is 11.5 Å². The number of hydrogen-bond donors (Lipinski definition) is 1. The molecule has 0 fully saturated rings. The third-order valence-electron chi connectivity index (χ3n) is 5.63. The number of carbonyl (C=O) groups is 1. The van der Waals surface area contributed by atoms with Crippen molar-refractivity contribution in [1.82, 2.24) is 20.2 Å². The Balaban J connectivity index is 1.37. The molecule has 0 saturated carbocycles. The highest BCUT2D eigenvalue weighted by molar-refractivity contribution is 7.99. The lowest BCUT2D eigenvalue weighted by Crippen LogP contribution is -2.20. The van der Waals surface area contributed by atoms with Crippen LogP contribution in [0.2, 0.25) is 0 Å². The molecule has 0 aliphatic rings. The van der Waals surface area contributed by atoms with Gasteiger partial charge in [0.05, 0.1) is 25.7 Å². The molecular formula is C29H31N5O3S. The van der Waals surface area contributed by atoms with Gasteiger partial charge in [-0.1, -0.05) is 61.9 Å². The topological polar surface area (TPSA) is 90.6 Å². The molecule has 4 rings (SSSR count). The predicted molar refractivity (Wildman–Crippen MR) is 151 cm³/mol. The summed E-state index contributed by atoms with van der Waals surface area (Å²) in [5.74, 6) is 2.16. The van der Waals surface area contributed by atoms with Crippen LogP contribution < -0.4 is 14.9 Å². The van der Waals surface area contributed by atoms with E-state index in [1.165, 1.54) is 18.2 Å². The van der Waals surface area contributed by atoms with Gasteiger partial charge < -0.3 is 9.47 Å². The maximum Gasteiger partial charge on any atom is 0.250 e. The lowest BCUT2D eigenvalue weighted by atomic mass is 10.2. The molecule has 38 heavy (non-hydrogen) atoms. The van der Waals surface area contributed by atoms with Crippen molar-refractivity contribution in [3.63, 3.8) is 0 Å². The Morgan fingerprint density at radius 2 is 1.71 bits per heavy atom. The van der Waals surface area contributed by atoms with E-state index in [4.69, 9.17) is 9.47 Å². The van der Waals surface area contributed by atoms with E-state index in [2.05, 4.69) is 27.6 Å². The number of unbranched alkanes of at least 4 members (excludes halogenated alkanes) is 2. The molecule has 9 heteroatoms. The zero-order valence-corrected chi connectivity index (χ0v) is 22.4. The van der Waals surface area contributed by atoms with Gasteiger partial charge in [-0.25, -0.2) is 5.43 Å². The summed E-state index contributed by atoms with van der Waals surface area (Å²) < 4.78 is 13.0. The maximum absolute atomic E-state index is 12.5. The lowest BCUT2D eigenvalue weighted by Gasteiger charge is -2.11. The monoisotopic (exact) mass is 529 g/mol. The van der Waals surface area contributed by atoms with Gasteiger partial charge in [-0.2, -0.15) is 5.10 Å². The van der Waals surface area contributed by atoms with Gasteiger partial charge in [0.15, 0.2) is 11.0 Å². The molecule has 0 radical (unpaired) electrons. The molecule has 1 heterocycles. The highest BCUT2D eigenvalue weighted by Gasteiger charge is 2.17. The van der Waals surface area contributed by atoms with Crippen LogP contribution in [0.5, 0.6) is 11.5 Å². The number of rotatable bonds is 13. The molecule has 1 aromatic heterocycles. The van der Waals surface area contributed by atoms with Crippen molar-refractivity contribution >= 4 is 23.9 Å². The van der Waals surface area contributed by atoms with E-state index in [0.717, 1.165) is 41.2 Å². The van der Waals surface area contributed by atoms with Crippen molar-refractivity contribution in [2.45, 2.75) is 31.3 Å². The van der Waals surface area contributed by atoms with Crippen LogP contribution in [0.4, 0.5) is 0 Å². The number of aromatic nitrogens is 3. The third-order valence-corrected chi connectivity index (χ3v) is 6.56. The summed E-state index contributed by atoms with van der Waals surface area (Å²) >= 11 is 1.29. The molecule has 0 spiro atoms. The summed E-state index contributed by atoms with van der Waals surface area (Å²) in [4.78, 5) is 12.5. The van der Waals surface area contributed by atoms with Gasteiger partial charge in [-0.05, 0) is 60.5 Å². The van der Waals surface area contributed by atoms with Crippen molar-refractivity contribution in [1.29, 1.82) is 0 Å². The Bertz CT molecular complexity index is 1320.